The topological polar surface area (TPSA) is 32.8 Å². The van der Waals surface area contributed by atoms with Gasteiger partial charge in [-0.25, -0.2) is 0 Å². The van der Waals surface area contributed by atoms with Crippen LogP contribution in [0.4, 0.5) is 0 Å². The molecule has 4 nitrogen and oxygen atoms in total. The highest BCUT2D eigenvalue weighted by Gasteiger charge is 2.21. The van der Waals surface area contributed by atoms with Gasteiger partial charge in [0.25, 0.3) is 5.91 Å². The summed E-state index contributed by atoms with van der Waals surface area (Å²) < 4.78 is 5.76. The minimum absolute atomic E-state index is 0.0575. The van der Waals surface area contributed by atoms with E-state index in [9.17, 15) is 4.79 Å². The van der Waals surface area contributed by atoms with E-state index in [4.69, 9.17) is 16.3 Å². The number of para-hydroxylation sites is 1. The van der Waals surface area contributed by atoms with Gasteiger partial charge in [-0.05, 0) is 35.7 Å². The van der Waals surface area contributed by atoms with Crippen molar-refractivity contribution in [3.05, 3.63) is 64.7 Å². The van der Waals surface area contributed by atoms with Crippen LogP contribution in [0.3, 0.4) is 0 Å². The Bertz CT molecular complexity index is 725. The lowest BCUT2D eigenvalue weighted by molar-refractivity contribution is -0.135. The fourth-order valence-corrected chi connectivity index (χ4v) is 3.30. The summed E-state index contributed by atoms with van der Waals surface area (Å²) in [5.74, 6) is 0.867. The summed E-state index contributed by atoms with van der Waals surface area (Å²) in [6.07, 6.45) is 0.897. The summed E-state index contributed by atoms with van der Waals surface area (Å²) in [5, 5.41) is 0.758. The lowest BCUT2D eigenvalue weighted by atomic mass is 10.1. The molecule has 0 aliphatic carbocycles. The maximum atomic E-state index is 12.4. The minimum Gasteiger partial charge on any atom is -0.483 e. The molecule has 5 heteroatoms. The molecule has 0 atom stereocenters. The average molecular weight is 373 g/mol. The van der Waals surface area contributed by atoms with Crippen LogP contribution in [-0.4, -0.2) is 48.5 Å². The molecular weight excluding hydrogens is 348 g/mol. The van der Waals surface area contributed by atoms with Crippen molar-refractivity contribution in [1.82, 2.24) is 9.80 Å². The smallest absolute Gasteiger partial charge is 0.260 e. The van der Waals surface area contributed by atoms with Gasteiger partial charge in [-0.1, -0.05) is 48.9 Å². The number of carbonyl (C=O) groups is 1. The quantitative estimate of drug-likeness (QED) is 0.776. The van der Waals surface area contributed by atoms with Gasteiger partial charge < -0.3 is 9.64 Å². The number of rotatable bonds is 6. The van der Waals surface area contributed by atoms with E-state index in [1.165, 1.54) is 5.56 Å². The first-order valence-corrected chi connectivity index (χ1v) is 9.49. The number of hydrogen-bond acceptors (Lipinski definition) is 3. The second-order valence-corrected chi connectivity index (χ2v) is 6.97. The number of halogens is 1. The molecule has 0 spiro atoms. The first-order valence-electron chi connectivity index (χ1n) is 9.11. The molecule has 0 aromatic heterocycles. The molecule has 1 heterocycles. The molecule has 1 aliphatic heterocycles. The van der Waals surface area contributed by atoms with Crippen LogP contribution in [0.1, 0.15) is 18.1 Å². The molecule has 1 aliphatic rings. The standard InChI is InChI=1S/C21H25ClN2O2/c1-2-18-5-3-4-6-20(18)26-16-21(25)24-13-11-23(12-14-24)15-17-7-9-19(22)10-8-17/h3-10H,2,11-16H2,1H3. The maximum Gasteiger partial charge on any atom is 0.260 e. The van der Waals surface area contributed by atoms with Crippen LogP contribution >= 0.6 is 11.6 Å². The SMILES string of the molecule is CCc1ccccc1OCC(=O)N1CCN(Cc2ccc(Cl)cc2)CC1. The first kappa shape index (κ1) is 18.7. The highest BCUT2D eigenvalue weighted by molar-refractivity contribution is 6.30. The van der Waals surface area contributed by atoms with E-state index < -0.39 is 0 Å². The zero-order valence-corrected chi connectivity index (χ0v) is 15.9. The van der Waals surface area contributed by atoms with Gasteiger partial charge in [0.2, 0.25) is 0 Å². The first-order chi connectivity index (χ1) is 12.7. The maximum absolute atomic E-state index is 12.4. The van der Waals surface area contributed by atoms with E-state index in [-0.39, 0.29) is 12.5 Å². The third-order valence-corrected chi connectivity index (χ3v) is 5.00. The van der Waals surface area contributed by atoms with E-state index in [1.54, 1.807) is 0 Å². The molecular formula is C21H25ClN2O2. The third-order valence-electron chi connectivity index (χ3n) is 4.75. The van der Waals surface area contributed by atoms with Crippen molar-refractivity contribution in [3.8, 4) is 5.75 Å². The number of piperazine rings is 1. The Hall–Kier alpha value is -2.04. The second-order valence-electron chi connectivity index (χ2n) is 6.53. The predicted molar refractivity (Wildman–Crippen MR) is 105 cm³/mol. The molecule has 138 valence electrons. The number of amides is 1. The van der Waals surface area contributed by atoms with Crippen LogP contribution in [0.25, 0.3) is 0 Å². The summed E-state index contributed by atoms with van der Waals surface area (Å²) in [7, 11) is 0. The molecule has 1 fully saturated rings. The van der Waals surface area contributed by atoms with Gasteiger partial charge in [-0.15, -0.1) is 0 Å². The van der Waals surface area contributed by atoms with E-state index >= 15 is 0 Å². The highest BCUT2D eigenvalue weighted by Crippen LogP contribution is 2.18. The van der Waals surface area contributed by atoms with Crippen molar-refractivity contribution in [2.24, 2.45) is 0 Å². The van der Waals surface area contributed by atoms with Crippen LogP contribution in [0.15, 0.2) is 48.5 Å². The number of benzene rings is 2. The summed E-state index contributed by atoms with van der Waals surface area (Å²) >= 11 is 5.93. The number of aryl methyl sites for hydroxylation is 1. The van der Waals surface area contributed by atoms with Crippen molar-refractivity contribution in [3.63, 3.8) is 0 Å². The Morgan fingerprint density at radius 2 is 1.73 bits per heavy atom. The van der Waals surface area contributed by atoms with Crippen LogP contribution < -0.4 is 4.74 Å². The van der Waals surface area contributed by atoms with Crippen LogP contribution in [-0.2, 0) is 17.8 Å². The second kappa shape index (κ2) is 9.06. The molecule has 1 amide bonds. The molecule has 0 N–H and O–H groups in total. The normalized spacial score (nSPS) is 15.1. The van der Waals surface area contributed by atoms with Gasteiger partial charge in [0, 0.05) is 37.7 Å². The van der Waals surface area contributed by atoms with Crippen LogP contribution in [0, 0.1) is 0 Å². The zero-order chi connectivity index (χ0) is 18.4. The fourth-order valence-electron chi connectivity index (χ4n) is 3.17. The van der Waals surface area contributed by atoms with E-state index in [2.05, 4.69) is 24.0 Å². The van der Waals surface area contributed by atoms with Crippen molar-refractivity contribution < 1.29 is 9.53 Å². The summed E-state index contributed by atoms with van der Waals surface area (Å²) in [6.45, 7) is 6.31. The number of hydrogen-bond donors (Lipinski definition) is 0. The fraction of sp³-hybridized carbons (Fsp3) is 0.381. The van der Waals surface area contributed by atoms with Gasteiger partial charge in [0.15, 0.2) is 6.61 Å². The molecule has 0 radical (unpaired) electrons. The Labute approximate surface area is 160 Å². The molecule has 2 aromatic carbocycles. The van der Waals surface area contributed by atoms with Gasteiger partial charge in [0.05, 0.1) is 0 Å². The van der Waals surface area contributed by atoms with Crippen molar-refractivity contribution >= 4 is 17.5 Å². The zero-order valence-electron chi connectivity index (χ0n) is 15.2. The Morgan fingerprint density at radius 3 is 2.42 bits per heavy atom. The average Bonchev–Trinajstić information content (AvgIpc) is 2.68. The minimum atomic E-state index is 0.0575. The van der Waals surface area contributed by atoms with Crippen LogP contribution in [0.5, 0.6) is 5.75 Å². The van der Waals surface area contributed by atoms with E-state index in [0.717, 1.165) is 55.5 Å². The highest BCUT2D eigenvalue weighted by atomic mass is 35.5. The summed E-state index contributed by atoms with van der Waals surface area (Å²) in [4.78, 5) is 16.7. The van der Waals surface area contributed by atoms with Gasteiger partial charge in [0.1, 0.15) is 5.75 Å². The Kier molecular flexibility index (Phi) is 6.53. The molecule has 2 aromatic rings. The Balaban J connectivity index is 1.45. The van der Waals surface area contributed by atoms with Crippen molar-refractivity contribution in [2.45, 2.75) is 19.9 Å². The van der Waals surface area contributed by atoms with Gasteiger partial charge in [-0.3, -0.25) is 9.69 Å². The summed E-state index contributed by atoms with van der Waals surface area (Å²) in [6, 6.07) is 15.8. The number of nitrogens with zero attached hydrogens (tertiary/aromatic N) is 2. The van der Waals surface area contributed by atoms with Crippen molar-refractivity contribution in [1.29, 1.82) is 0 Å². The Morgan fingerprint density at radius 1 is 1.04 bits per heavy atom. The summed E-state index contributed by atoms with van der Waals surface area (Å²) in [5.41, 5.74) is 2.38. The molecule has 0 saturated carbocycles. The number of ether oxygens (including phenoxy) is 1. The molecule has 1 saturated heterocycles. The lowest BCUT2D eigenvalue weighted by Gasteiger charge is -2.34. The van der Waals surface area contributed by atoms with E-state index in [1.807, 2.05) is 41.3 Å². The van der Waals surface area contributed by atoms with Gasteiger partial charge >= 0.3 is 0 Å². The van der Waals surface area contributed by atoms with E-state index in [0.29, 0.717) is 0 Å². The van der Waals surface area contributed by atoms with Crippen LogP contribution in [0.2, 0.25) is 5.02 Å². The third kappa shape index (κ3) is 4.99. The lowest BCUT2D eigenvalue weighted by Crippen LogP contribution is -2.49. The molecule has 0 unspecified atom stereocenters. The van der Waals surface area contributed by atoms with Crippen molar-refractivity contribution in [2.75, 3.05) is 32.8 Å². The molecule has 3 rings (SSSR count). The number of carbonyl (C=O) groups excluding carboxylic acids is 1. The molecule has 0 bridgehead atoms. The predicted octanol–water partition coefficient (Wildman–Crippen LogP) is 3.63. The molecule has 26 heavy (non-hydrogen) atoms. The van der Waals surface area contributed by atoms with Gasteiger partial charge in [-0.2, -0.15) is 0 Å². The largest absolute Gasteiger partial charge is 0.483 e. The monoisotopic (exact) mass is 372 g/mol.